The van der Waals surface area contributed by atoms with E-state index in [9.17, 15) is 35.9 Å². The molecule has 3 aromatic carbocycles. The van der Waals surface area contributed by atoms with Crippen molar-refractivity contribution in [3.8, 4) is 39.6 Å². The highest BCUT2D eigenvalue weighted by atomic mass is 19.4. The maximum atomic E-state index is 12.6. The molecule has 4 rings (SSSR count). The lowest BCUT2D eigenvalue weighted by molar-refractivity contribution is -0.275. The number of carbonyl (C=O) groups is 2. The zero-order valence-corrected chi connectivity index (χ0v) is 22.4. The third-order valence-electron chi connectivity index (χ3n) is 5.88. The predicted molar refractivity (Wildman–Crippen MR) is 144 cm³/mol. The Labute approximate surface area is 245 Å². The van der Waals surface area contributed by atoms with E-state index < -0.39 is 36.1 Å². The molecule has 0 radical (unpaired) electrons. The summed E-state index contributed by atoms with van der Waals surface area (Å²) in [5, 5.41) is 11.2. The van der Waals surface area contributed by atoms with Gasteiger partial charge in [-0.1, -0.05) is 12.1 Å². The molecule has 8 nitrogen and oxygen atoms in total. The molecule has 0 aliphatic rings. The van der Waals surface area contributed by atoms with E-state index in [1.54, 1.807) is 6.07 Å². The highest BCUT2D eigenvalue weighted by molar-refractivity contribution is 5.94. The quantitative estimate of drug-likeness (QED) is 0.174. The van der Waals surface area contributed by atoms with Crippen LogP contribution in [0.1, 0.15) is 22.3 Å². The highest BCUT2D eigenvalue weighted by Gasteiger charge is 2.31. The molecule has 0 aliphatic carbocycles. The van der Waals surface area contributed by atoms with E-state index in [0.29, 0.717) is 33.7 Å². The first kappa shape index (κ1) is 31.7. The number of nitrogens with zero attached hydrogens (tertiary/aromatic N) is 1. The molecular weight excluding hydrogens is 598 g/mol. The number of ether oxygens (including phenoxy) is 3. The maximum Gasteiger partial charge on any atom is 0.573 e. The molecule has 1 heterocycles. The first-order chi connectivity index (χ1) is 20.8. The van der Waals surface area contributed by atoms with Gasteiger partial charge >= 0.3 is 18.7 Å². The van der Waals surface area contributed by atoms with Gasteiger partial charge in [0.1, 0.15) is 23.9 Å². The van der Waals surface area contributed by atoms with E-state index in [2.05, 4.69) is 19.8 Å². The van der Waals surface area contributed by atoms with Gasteiger partial charge in [0.25, 0.3) is 5.91 Å². The second-order valence-electron chi connectivity index (χ2n) is 9.09. The molecular formula is C30H22F6N2O6. The summed E-state index contributed by atoms with van der Waals surface area (Å²) in [6, 6.07) is 17.8. The summed E-state index contributed by atoms with van der Waals surface area (Å²) in [4.78, 5) is 27.3. The van der Waals surface area contributed by atoms with Crippen molar-refractivity contribution >= 4 is 11.9 Å². The van der Waals surface area contributed by atoms with Crippen LogP contribution >= 0.6 is 0 Å². The van der Waals surface area contributed by atoms with Crippen LogP contribution in [0.3, 0.4) is 0 Å². The van der Waals surface area contributed by atoms with E-state index in [1.165, 1.54) is 54.7 Å². The van der Waals surface area contributed by atoms with Crippen LogP contribution < -0.4 is 19.5 Å². The number of aromatic nitrogens is 1. The SMILES string of the molecule is O=C(O)CCNC(=O)c1ccc(OCc2cc(-c3ccc(OC(F)(F)F)cc3)cnc2-c2ccc(OC(F)(F)F)cc2)cc1. The molecule has 0 atom stereocenters. The average Bonchev–Trinajstić information content (AvgIpc) is 2.95. The minimum Gasteiger partial charge on any atom is -0.489 e. The Morgan fingerprint density at radius 3 is 1.77 bits per heavy atom. The second-order valence-corrected chi connectivity index (χ2v) is 9.09. The topological polar surface area (TPSA) is 107 Å². The molecule has 0 spiro atoms. The number of alkyl halides is 6. The molecule has 0 saturated carbocycles. The van der Waals surface area contributed by atoms with Crippen molar-refractivity contribution in [2.45, 2.75) is 25.8 Å². The number of amides is 1. The number of aliphatic carboxylic acids is 1. The van der Waals surface area contributed by atoms with Crippen LogP contribution in [0.25, 0.3) is 22.4 Å². The summed E-state index contributed by atoms with van der Waals surface area (Å²) in [6.45, 7) is -0.129. The highest BCUT2D eigenvalue weighted by Crippen LogP contribution is 2.32. The van der Waals surface area contributed by atoms with Crippen LogP contribution in [-0.4, -0.2) is 41.2 Å². The summed E-state index contributed by atoms with van der Waals surface area (Å²) in [5.41, 5.74) is 2.57. The van der Waals surface area contributed by atoms with Crippen LogP contribution in [0.2, 0.25) is 0 Å². The van der Waals surface area contributed by atoms with Gasteiger partial charge in [-0.05, 0) is 72.3 Å². The van der Waals surface area contributed by atoms with Crippen molar-refractivity contribution in [3.05, 3.63) is 96.2 Å². The summed E-state index contributed by atoms with van der Waals surface area (Å²) in [6.07, 6.45) is -8.49. The first-order valence-corrected chi connectivity index (χ1v) is 12.7. The number of hydrogen-bond donors (Lipinski definition) is 2. The van der Waals surface area contributed by atoms with Crippen LogP contribution in [0.4, 0.5) is 26.3 Å². The van der Waals surface area contributed by atoms with Crippen molar-refractivity contribution < 1.29 is 55.2 Å². The Bertz CT molecular complexity index is 1590. The summed E-state index contributed by atoms with van der Waals surface area (Å²) < 4.78 is 89.1. The van der Waals surface area contributed by atoms with E-state index in [-0.39, 0.29) is 25.1 Å². The Morgan fingerprint density at radius 1 is 0.727 bits per heavy atom. The lowest BCUT2D eigenvalue weighted by Gasteiger charge is -2.14. The molecule has 1 amide bonds. The zero-order valence-electron chi connectivity index (χ0n) is 22.4. The van der Waals surface area contributed by atoms with Gasteiger partial charge in [0.05, 0.1) is 12.1 Å². The number of rotatable bonds is 11. The number of halogens is 6. The number of carbonyl (C=O) groups excluding carboxylic acids is 1. The fourth-order valence-electron chi connectivity index (χ4n) is 3.95. The average molecular weight is 621 g/mol. The molecule has 14 heteroatoms. The molecule has 0 fully saturated rings. The number of benzene rings is 3. The monoisotopic (exact) mass is 620 g/mol. The predicted octanol–water partition coefficient (Wildman–Crippen LogP) is 7.00. The van der Waals surface area contributed by atoms with Gasteiger partial charge < -0.3 is 24.6 Å². The van der Waals surface area contributed by atoms with Gasteiger partial charge in [-0.3, -0.25) is 14.6 Å². The van der Waals surface area contributed by atoms with Gasteiger partial charge in [0.2, 0.25) is 0 Å². The molecule has 44 heavy (non-hydrogen) atoms. The molecule has 4 aromatic rings. The molecule has 0 bridgehead atoms. The van der Waals surface area contributed by atoms with Gasteiger partial charge in [-0.15, -0.1) is 26.3 Å². The second kappa shape index (κ2) is 13.4. The third-order valence-corrected chi connectivity index (χ3v) is 5.88. The zero-order chi connectivity index (χ0) is 31.9. The molecule has 0 saturated heterocycles. The van der Waals surface area contributed by atoms with Crippen molar-refractivity contribution in [3.63, 3.8) is 0 Å². The Balaban J connectivity index is 1.57. The van der Waals surface area contributed by atoms with E-state index in [1.807, 2.05) is 0 Å². The number of hydrogen-bond acceptors (Lipinski definition) is 6. The van der Waals surface area contributed by atoms with E-state index in [4.69, 9.17) is 9.84 Å². The number of pyridine rings is 1. The Morgan fingerprint density at radius 2 is 1.25 bits per heavy atom. The van der Waals surface area contributed by atoms with Crippen LogP contribution in [-0.2, 0) is 11.4 Å². The lowest BCUT2D eigenvalue weighted by Crippen LogP contribution is -2.25. The summed E-state index contributed by atoms with van der Waals surface area (Å²) >= 11 is 0. The Kier molecular flexibility index (Phi) is 9.61. The molecule has 0 unspecified atom stereocenters. The third kappa shape index (κ3) is 9.37. The maximum absolute atomic E-state index is 12.6. The molecule has 1 aromatic heterocycles. The van der Waals surface area contributed by atoms with Crippen molar-refractivity contribution in [1.29, 1.82) is 0 Å². The normalized spacial score (nSPS) is 11.5. The van der Waals surface area contributed by atoms with Gasteiger partial charge in [-0.2, -0.15) is 0 Å². The van der Waals surface area contributed by atoms with Crippen molar-refractivity contribution in [1.82, 2.24) is 10.3 Å². The van der Waals surface area contributed by atoms with Crippen LogP contribution in [0.15, 0.2) is 85.1 Å². The van der Waals surface area contributed by atoms with Gasteiger partial charge in [0, 0.05) is 35.0 Å². The lowest BCUT2D eigenvalue weighted by atomic mass is 10.0. The summed E-state index contributed by atoms with van der Waals surface area (Å²) in [5.74, 6) is -2.00. The van der Waals surface area contributed by atoms with Crippen molar-refractivity contribution in [2.75, 3.05) is 6.54 Å². The summed E-state index contributed by atoms with van der Waals surface area (Å²) in [7, 11) is 0. The van der Waals surface area contributed by atoms with Gasteiger partial charge in [0.15, 0.2) is 0 Å². The minimum atomic E-state index is -4.87. The van der Waals surface area contributed by atoms with Crippen LogP contribution in [0.5, 0.6) is 17.2 Å². The molecule has 0 aliphatic heterocycles. The van der Waals surface area contributed by atoms with E-state index >= 15 is 0 Å². The number of nitrogens with one attached hydrogen (secondary N) is 1. The fraction of sp³-hybridized carbons (Fsp3) is 0.167. The number of carboxylic acids is 1. The van der Waals surface area contributed by atoms with E-state index in [0.717, 1.165) is 24.3 Å². The largest absolute Gasteiger partial charge is 0.573 e. The molecule has 230 valence electrons. The van der Waals surface area contributed by atoms with Gasteiger partial charge in [-0.25, -0.2) is 0 Å². The minimum absolute atomic E-state index is 0.0417. The fourth-order valence-corrected chi connectivity index (χ4v) is 3.95. The molecule has 2 N–H and O–H groups in total. The smallest absolute Gasteiger partial charge is 0.489 e. The number of carboxylic acid groups (broad SMARTS) is 1. The van der Waals surface area contributed by atoms with Crippen LogP contribution in [0, 0.1) is 0 Å². The van der Waals surface area contributed by atoms with Crippen molar-refractivity contribution in [2.24, 2.45) is 0 Å². The first-order valence-electron chi connectivity index (χ1n) is 12.7. The Hall–Kier alpha value is -5.27. The standard InChI is InChI=1S/C30H22F6N2O6/c31-29(32,33)43-24-9-1-18(2-10-24)21-15-22(27(38-16-21)19-3-11-25(12-4-19)44-30(34,35)36)17-42-23-7-5-20(6-8-23)28(41)37-14-13-26(39)40/h1-12,15-16H,13-14,17H2,(H,37,41)(H,39,40).